The average molecular weight is 513 g/mol. The molecule has 0 saturated heterocycles. The maximum absolute atomic E-state index is 5.13. The third-order valence-corrected chi connectivity index (χ3v) is 9.97. The molecule has 0 saturated carbocycles. The molecule has 0 radical (unpaired) electrons. The first-order valence-electron chi connectivity index (χ1n) is 10.6. The van der Waals surface area contributed by atoms with E-state index >= 15 is 0 Å². The van der Waals surface area contributed by atoms with Gasteiger partial charge in [-0.3, -0.25) is 0 Å². The summed E-state index contributed by atoms with van der Waals surface area (Å²) in [6, 6.07) is 21.5. The maximum Gasteiger partial charge on any atom is 0.172 e. The smallest absolute Gasteiger partial charge is 0.172 e. The van der Waals surface area contributed by atoms with Crippen LogP contribution in [-0.4, -0.2) is 32.4 Å². The Kier molecular flexibility index (Phi) is 4.77. The lowest BCUT2D eigenvalue weighted by atomic mass is 9.85. The van der Waals surface area contributed by atoms with Crippen LogP contribution in [0.1, 0.15) is 0 Å². The number of thiazole rings is 2. The largest absolute Gasteiger partial charge is 0.227 e. The van der Waals surface area contributed by atoms with Gasteiger partial charge in [0.25, 0.3) is 0 Å². The van der Waals surface area contributed by atoms with E-state index in [-0.39, 0.29) is 0 Å². The predicted octanol–water partition coefficient (Wildman–Crippen LogP) is 8.12. The third kappa shape index (κ3) is 3.06. The number of aromatic nitrogens is 4. The van der Waals surface area contributed by atoms with Crippen molar-refractivity contribution in [1.82, 2.24) is 19.9 Å². The summed E-state index contributed by atoms with van der Waals surface area (Å²) in [5, 5.41) is 0. The Hall–Kier alpha value is -2.78. The highest BCUT2D eigenvalue weighted by Crippen LogP contribution is 2.48. The molecule has 6 aromatic rings. The van der Waals surface area contributed by atoms with Gasteiger partial charge in [0.1, 0.15) is 0 Å². The quantitative estimate of drug-likeness (QED) is 0.218. The number of fused-ring (bicyclic) bond motifs is 10. The lowest BCUT2D eigenvalue weighted by molar-refractivity contribution is 1.23. The molecule has 2 aromatic carbocycles. The van der Waals surface area contributed by atoms with Gasteiger partial charge in [-0.1, -0.05) is 72.1 Å². The van der Waals surface area contributed by atoms with Crippen molar-refractivity contribution in [3.63, 3.8) is 0 Å². The Labute approximate surface area is 212 Å². The molecule has 164 valence electrons. The number of rotatable bonds is 2. The molecule has 1 aliphatic rings. The first-order valence-corrected chi connectivity index (χ1v) is 14.7. The third-order valence-electron chi connectivity index (χ3n) is 6.02. The molecule has 0 aliphatic heterocycles. The minimum absolute atomic E-state index is 0.807. The number of nitrogens with zero attached hydrogens (tertiary/aromatic N) is 4. The standard InChI is InChI=1S/C26H16N4S4/c1-31-25-29-23-19(33-25)11-17-13-7-3-6-10-16(13)22-18(12-20-24(28-22)30-26(32-2)34-20)14-8-4-5-9-15(14)21(17)27-23/h3-12H,1-2H3. The van der Waals surface area contributed by atoms with Gasteiger partial charge in [-0.25, -0.2) is 19.9 Å². The van der Waals surface area contributed by atoms with E-state index in [0.29, 0.717) is 0 Å². The monoisotopic (exact) mass is 512 g/mol. The van der Waals surface area contributed by atoms with Gasteiger partial charge in [0.05, 0.1) is 20.8 Å². The Morgan fingerprint density at radius 3 is 1.35 bits per heavy atom. The van der Waals surface area contributed by atoms with Gasteiger partial charge in [0.2, 0.25) is 0 Å². The Morgan fingerprint density at radius 2 is 0.941 bits per heavy atom. The summed E-state index contributed by atoms with van der Waals surface area (Å²) in [6.45, 7) is 0. The van der Waals surface area contributed by atoms with Crippen molar-refractivity contribution in [3.05, 3.63) is 60.7 Å². The molecule has 0 spiro atoms. The second kappa shape index (κ2) is 7.88. The van der Waals surface area contributed by atoms with Crippen molar-refractivity contribution < 1.29 is 0 Å². The van der Waals surface area contributed by atoms with Crippen LogP contribution in [0.4, 0.5) is 0 Å². The van der Waals surface area contributed by atoms with E-state index in [9.17, 15) is 0 Å². The van der Waals surface area contributed by atoms with Crippen LogP contribution in [-0.2, 0) is 0 Å². The summed E-state index contributed by atoms with van der Waals surface area (Å²) in [5.74, 6) is 0. The van der Waals surface area contributed by atoms with E-state index in [4.69, 9.17) is 19.9 Å². The van der Waals surface area contributed by atoms with E-state index in [2.05, 4.69) is 73.2 Å². The van der Waals surface area contributed by atoms with Crippen LogP contribution in [0.3, 0.4) is 0 Å². The minimum Gasteiger partial charge on any atom is -0.227 e. The highest BCUT2D eigenvalue weighted by Gasteiger charge is 2.26. The van der Waals surface area contributed by atoms with Crippen LogP contribution >= 0.6 is 46.2 Å². The number of hydrogen-bond donors (Lipinski definition) is 0. The van der Waals surface area contributed by atoms with Crippen molar-refractivity contribution in [2.45, 2.75) is 8.68 Å². The van der Waals surface area contributed by atoms with E-state index in [1.165, 1.54) is 0 Å². The molecule has 4 heterocycles. The first kappa shape index (κ1) is 20.6. The van der Waals surface area contributed by atoms with Gasteiger partial charge < -0.3 is 0 Å². The Morgan fingerprint density at radius 1 is 0.529 bits per heavy atom. The summed E-state index contributed by atoms with van der Waals surface area (Å²) < 4.78 is 4.26. The van der Waals surface area contributed by atoms with Gasteiger partial charge in [-0.2, -0.15) is 0 Å². The average Bonchev–Trinajstić information content (AvgIpc) is 3.49. The molecular weight excluding hydrogens is 497 g/mol. The zero-order valence-electron chi connectivity index (χ0n) is 18.2. The molecule has 4 nitrogen and oxygen atoms in total. The van der Waals surface area contributed by atoms with E-state index in [1.54, 1.807) is 46.2 Å². The van der Waals surface area contributed by atoms with Gasteiger partial charge in [-0.05, 0) is 35.8 Å². The molecular formula is C26H16N4S4. The molecule has 0 amide bonds. The molecule has 0 atom stereocenters. The highest BCUT2D eigenvalue weighted by molar-refractivity contribution is 8.00. The van der Waals surface area contributed by atoms with Crippen molar-refractivity contribution in [1.29, 1.82) is 0 Å². The van der Waals surface area contributed by atoms with Crippen LogP contribution in [0.25, 0.3) is 65.5 Å². The molecule has 0 bridgehead atoms. The van der Waals surface area contributed by atoms with E-state index < -0.39 is 0 Å². The van der Waals surface area contributed by atoms with Gasteiger partial charge in [-0.15, -0.1) is 22.7 Å². The zero-order chi connectivity index (χ0) is 22.8. The number of pyridine rings is 2. The Bertz CT molecular complexity index is 1500. The highest BCUT2D eigenvalue weighted by atomic mass is 32.2. The normalized spacial score (nSPS) is 12.1. The zero-order valence-corrected chi connectivity index (χ0v) is 21.5. The van der Waals surface area contributed by atoms with Crippen molar-refractivity contribution in [2.75, 3.05) is 12.5 Å². The number of hydrogen-bond acceptors (Lipinski definition) is 8. The summed E-state index contributed by atoms with van der Waals surface area (Å²) in [4.78, 5) is 19.8. The molecule has 7 rings (SSSR count). The molecule has 0 unspecified atom stereocenters. The molecule has 0 N–H and O–H groups in total. The maximum atomic E-state index is 5.13. The number of benzene rings is 2. The molecule has 1 aliphatic carbocycles. The number of thioether (sulfide) groups is 2. The Balaban J connectivity index is 1.64. The molecule has 0 fully saturated rings. The fourth-order valence-electron chi connectivity index (χ4n) is 4.53. The second-order valence-corrected chi connectivity index (χ2v) is 12.0. The van der Waals surface area contributed by atoms with Crippen molar-refractivity contribution in [3.8, 4) is 44.8 Å². The van der Waals surface area contributed by atoms with Crippen LogP contribution < -0.4 is 0 Å². The van der Waals surface area contributed by atoms with Crippen molar-refractivity contribution >= 4 is 66.9 Å². The summed E-state index contributed by atoms with van der Waals surface area (Å²) in [5.41, 5.74) is 10.2. The molecule has 34 heavy (non-hydrogen) atoms. The lowest BCUT2D eigenvalue weighted by Gasteiger charge is -2.21. The lowest BCUT2D eigenvalue weighted by Crippen LogP contribution is -2.00. The van der Waals surface area contributed by atoms with Gasteiger partial charge in [0.15, 0.2) is 20.0 Å². The van der Waals surface area contributed by atoms with Crippen molar-refractivity contribution in [2.24, 2.45) is 0 Å². The van der Waals surface area contributed by atoms with E-state index in [1.807, 2.05) is 0 Å². The summed E-state index contributed by atoms with van der Waals surface area (Å²) in [6.07, 6.45) is 4.12. The van der Waals surface area contributed by atoms with Crippen LogP contribution in [0, 0.1) is 0 Å². The van der Waals surface area contributed by atoms with Crippen LogP contribution in [0.5, 0.6) is 0 Å². The predicted molar refractivity (Wildman–Crippen MR) is 147 cm³/mol. The second-order valence-electron chi connectivity index (χ2n) is 7.87. The van der Waals surface area contributed by atoms with Gasteiger partial charge in [0, 0.05) is 22.3 Å². The van der Waals surface area contributed by atoms with Crippen LogP contribution in [0.2, 0.25) is 0 Å². The fraction of sp³-hybridized carbons (Fsp3) is 0.0769. The summed E-state index contributed by atoms with van der Waals surface area (Å²) in [7, 11) is 0. The van der Waals surface area contributed by atoms with Crippen LogP contribution in [0.15, 0.2) is 69.3 Å². The van der Waals surface area contributed by atoms with E-state index in [0.717, 1.165) is 74.1 Å². The SMILES string of the molecule is CSc1nc2nc3c(cc2s1)-c1ccccc1-c1nc2nc(SC)sc2cc1-c1ccccc1-3. The molecule has 4 aromatic heterocycles. The topological polar surface area (TPSA) is 51.6 Å². The summed E-state index contributed by atoms with van der Waals surface area (Å²) >= 11 is 6.71. The first-order chi connectivity index (χ1) is 16.7. The minimum atomic E-state index is 0.807. The van der Waals surface area contributed by atoms with Gasteiger partial charge >= 0.3 is 0 Å². The molecule has 8 heteroatoms. The fourth-order valence-corrected chi connectivity index (χ4v) is 7.45.